The maximum absolute atomic E-state index is 9.92. The van der Waals surface area contributed by atoms with E-state index in [1.807, 2.05) is 5.38 Å². The van der Waals surface area contributed by atoms with Crippen LogP contribution in [0.4, 0.5) is 0 Å². The molecule has 0 radical (unpaired) electrons. The summed E-state index contributed by atoms with van der Waals surface area (Å²) in [6.45, 7) is 4.14. The summed E-state index contributed by atoms with van der Waals surface area (Å²) >= 11 is 1.55. The Morgan fingerprint density at radius 2 is 1.71 bits per heavy atom. The van der Waals surface area contributed by atoms with Crippen molar-refractivity contribution in [1.82, 2.24) is 4.98 Å². The molecule has 3 rings (SSSR count). The highest BCUT2D eigenvalue weighted by molar-refractivity contribution is 7.13. The fourth-order valence-electron chi connectivity index (χ4n) is 2.31. The first-order chi connectivity index (χ1) is 10.0. The number of rotatable bonds is 2. The number of hydrogen-bond acceptors (Lipinski definition) is 4. The lowest BCUT2D eigenvalue weighted by molar-refractivity contribution is 0.452. The molecule has 0 aliphatic heterocycles. The van der Waals surface area contributed by atoms with Crippen LogP contribution in [-0.4, -0.2) is 15.2 Å². The van der Waals surface area contributed by atoms with E-state index in [0.717, 1.165) is 10.6 Å². The van der Waals surface area contributed by atoms with Crippen molar-refractivity contribution in [3.8, 4) is 33.3 Å². The van der Waals surface area contributed by atoms with Crippen LogP contribution in [0.1, 0.15) is 11.1 Å². The van der Waals surface area contributed by atoms with Crippen LogP contribution in [0.25, 0.3) is 21.8 Å². The highest BCUT2D eigenvalue weighted by atomic mass is 32.1. The Kier molecular flexibility index (Phi) is 3.39. The molecule has 0 unspecified atom stereocenters. The summed E-state index contributed by atoms with van der Waals surface area (Å²) in [6, 6.07) is 10.8. The van der Waals surface area contributed by atoms with Gasteiger partial charge in [0.15, 0.2) is 0 Å². The molecule has 0 spiro atoms. The van der Waals surface area contributed by atoms with Crippen molar-refractivity contribution in [2.75, 3.05) is 0 Å². The fraction of sp³-hybridized carbons (Fsp3) is 0.118. The molecule has 0 saturated heterocycles. The number of nitrogens with zero attached hydrogens (tertiary/aromatic N) is 1. The third-order valence-electron chi connectivity index (χ3n) is 3.37. The summed E-state index contributed by atoms with van der Waals surface area (Å²) in [6.07, 6.45) is 0. The van der Waals surface area contributed by atoms with Crippen molar-refractivity contribution in [2.24, 2.45) is 0 Å². The molecule has 0 aliphatic rings. The summed E-state index contributed by atoms with van der Waals surface area (Å²) in [5.74, 6) is 0.0774. The van der Waals surface area contributed by atoms with Gasteiger partial charge in [0.2, 0.25) is 0 Å². The van der Waals surface area contributed by atoms with Gasteiger partial charge in [-0.3, -0.25) is 0 Å². The van der Waals surface area contributed by atoms with Gasteiger partial charge in [0.25, 0.3) is 0 Å². The second-order valence-electron chi connectivity index (χ2n) is 5.06. The maximum atomic E-state index is 9.92. The SMILES string of the molecule is Cc1ccc(-c2nc(-c3ccc(O)cc3O)cs2)c(C)c1. The highest BCUT2D eigenvalue weighted by Crippen LogP contribution is 2.35. The normalized spacial score (nSPS) is 10.8. The van der Waals surface area contributed by atoms with Crippen molar-refractivity contribution in [3.05, 3.63) is 52.9 Å². The minimum atomic E-state index is 0.0347. The Morgan fingerprint density at radius 1 is 0.952 bits per heavy atom. The van der Waals surface area contributed by atoms with E-state index < -0.39 is 0 Å². The molecule has 3 nitrogen and oxygen atoms in total. The first kappa shape index (κ1) is 13.6. The van der Waals surface area contributed by atoms with Gasteiger partial charge in [-0.05, 0) is 31.5 Å². The van der Waals surface area contributed by atoms with E-state index in [2.05, 4.69) is 37.0 Å². The fourth-order valence-corrected chi connectivity index (χ4v) is 3.22. The molecule has 1 heterocycles. The molecule has 0 saturated carbocycles. The topological polar surface area (TPSA) is 53.4 Å². The van der Waals surface area contributed by atoms with Crippen LogP contribution in [0.3, 0.4) is 0 Å². The third-order valence-corrected chi connectivity index (χ3v) is 4.25. The van der Waals surface area contributed by atoms with E-state index in [1.165, 1.54) is 17.2 Å². The molecule has 0 amide bonds. The van der Waals surface area contributed by atoms with Crippen LogP contribution in [0.2, 0.25) is 0 Å². The molecule has 0 bridgehead atoms. The Morgan fingerprint density at radius 3 is 2.43 bits per heavy atom. The summed E-state index contributed by atoms with van der Waals surface area (Å²) < 4.78 is 0. The zero-order chi connectivity index (χ0) is 15.0. The van der Waals surface area contributed by atoms with Crippen LogP contribution < -0.4 is 0 Å². The van der Waals surface area contributed by atoms with E-state index >= 15 is 0 Å². The van der Waals surface area contributed by atoms with Crippen LogP contribution in [0.15, 0.2) is 41.8 Å². The standard InChI is InChI=1S/C17H15NO2S/c1-10-3-5-13(11(2)7-10)17-18-15(9-21-17)14-6-4-12(19)8-16(14)20/h3-9,19-20H,1-2H3. The molecule has 3 aromatic rings. The van der Waals surface area contributed by atoms with Gasteiger partial charge in [-0.1, -0.05) is 23.8 Å². The quantitative estimate of drug-likeness (QED) is 0.732. The smallest absolute Gasteiger partial charge is 0.128 e. The van der Waals surface area contributed by atoms with Crippen molar-refractivity contribution in [3.63, 3.8) is 0 Å². The Bertz CT molecular complexity index is 742. The zero-order valence-corrected chi connectivity index (χ0v) is 12.6. The number of aryl methyl sites for hydroxylation is 2. The van der Waals surface area contributed by atoms with Crippen LogP contribution in [-0.2, 0) is 0 Å². The second kappa shape index (κ2) is 5.22. The van der Waals surface area contributed by atoms with Crippen molar-refractivity contribution in [1.29, 1.82) is 0 Å². The number of thiazole rings is 1. The van der Waals surface area contributed by atoms with Gasteiger partial charge in [-0.25, -0.2) is 4.98 Å². The average molecular weight is 297 g/mol. The Balaban J connectivity index is 2.03. The molecule has 0 atom stereocenters. The van der Waals surface area contributed by atoms with Gasteiger partial charge in [-0.15, -0.1) is 11.3 Å². The molecule has 0 fully saturated rings. The van der Waals surface area contributed by atoms with Gasteiger partial charge >= 0.3 is 0 Å². The van der Waals surface area contributed by atoms with Gasteiger partial charge in [0.1, 0.15) is 16.5 Å². The summed E-state index contributed by atoms with van der Waals surface area (Å²) in [7, 11) is 0. The number of phenolic OH excluding ortho intramolecular Hbond substituents is 2. The molecule has 2 N–H and O–H groups in total. The molecule has 21 heavy (non-hydrogen) atoms. The lowest BCUT2D eigenvalue weighted by Crippen LogP contribution is -1.85. The molecule has 2 aromatic carbocycles. The summed E-state index contributed by atoms with van der Waals surface area (Å²) in [5.41, 5.74) is 4.86. The van der Waals surface area contributed by atoms with E-state index in [1.54, 1.807) is 23.5 Å². The molecule has 1 aromatic heterocycles. The second-order valence-corrected chi connectivity index (χ2v) is 5.92. The number of aromatic nitrogens is 1. The van der Waals surface area contributed by atoms with E-state index in [4.69, 9.17) is 0 Å². The third kappa shape index (κ3) is 2.62. The lowest BCUT2D eigenvalue weighted by atomic mass is 10.1. The number of phenols is 2. The zero-order valence-electron chi connectivity index (χ0n) is 11.8. The van der Waals surface area contributed by atoms with Gasteiger partial charge in [0.05, 0.1) is 5.69 Å². The minimum absolute atomic E-state index is 0.0347. The predicted octanol–water partition coefficient (Wildman–Crippen LogP) is 4.51. The number of benzene rings is 2. The van der Waals surface area contributed by atoms with E-state index in [9.17, 15) is 10.2 Å². The maximum Gasteiger partial charge on any atom is 0.128 e. The molecular weight excluding hydrogens is 282 g/mol. The average Bonchev–Trinajstić information content (AvgIpc) is 2.87. The first-order valence-electron chi connectivity index (χ1n) is 6.60. The highest BCUT2D eigenvalue weighted by Gasteiger charge is 2.12. The molecule has 4 heteroatoms. The summed E-state index contributed by atoms with van der Waals surface area (Å²) in [5, 5.41) is 22.1. The molecule has 106 valence electrons. The van der Waals surface area contributed by atoms with Crippen LogP contribution in [0.5, 0.6) is 11.5 Å². The molecule has 0 aliphatic carbocycles. The Hall–Kier alpha value is -2.33. The van der Waals surface area contributed by atoms with Gasteiger partial charge in [0, 0.05) is 22.6 Å². The van der Waals surface area contributed by atoms with Crippen molar-refractivity contribution in [2.45, 2.75) is 13.8 Å². The minimum Gasteiger partial charge on any atom is -0.508 e. The van der Waals surface area contributed by atoms with Gasteiger partial charge < -0.3 is 10.2 Å². The van der Waals surface area contributed by atoms with Crippen molar-refractivity contribution >= 4 is 11.3 Å². The lowest BCUT2D eigenvalue weighted by Gasteiger charge is -2.04. The molecular formula is C17H15NO2S. The number of aromatic hydroxyl groups is 2. The van der Waals surface area contributed by atoms with Crippen LogP contribution >= 0.6 is 11.3 Å². The largest absolute Gasteiger partial charge is 0.508 e. The van der Waals surface area contributed by atoms with E-state index in [0.29, 0.717) is 11.3 Å². The van der Waals surface area contributed by atoms with Crippen molar-refractivity contribution < 1.29 is 10.2 Å². The van der Waals surface area contributed by atoms with Gasteiger partial charge in [-0.2, -0.15) is 0 Å². The first-order valence-corrected chi connectivity index (χ1v) is 7.48. The number of hydrogen-bond donors (Lipinski definition) is 2. The summed E-state index contributed by atoms with van der Waals surface area (Å²) in [4.78, 5) is 4.61. The van der Waals surface area contributed by atoms with E-state index in [-0.39, 0.29) is 11.5 Å². The predicted molar refractivity (Wildman–Crippen MR) is 85.8 cm³/mol. The monoisotopic (exact) mass is 297 g/mol. The van der Waals surface area contributed by atoms with Crippen LogP contribution in [0, 0.1) is 13.8 Å². The Labute approximate surface area is 127 Å².